The fourth-order valence-electron chi connectivity index (χ4n) is 2.04. The third kappa shape index (κ3) is 3.68. The fraction of sp³-hybridized carbons (Fsp3) is 0.438. The first kappa shape index (κ1) is 15.7. The van der Waals surface area contributed by atoms with E-state index in [1.54, 1.807) is 11.3 Å². The van der Waals surface area contributed by atoms with Gasteiger partial charge in [0, 0.05) is 21.7 Å². The molecule has 1 atom stereocenters. The van der Waals surface area contributed by atoms with Crippen LogP contribution in [0.1, 0.15) is 48.7 Å². The van der Waals surface area contributed by atoms with Crippen LogP contribution in [0.2, 0.25) is 0 Å². The van der Waals surface area contributed by atoms with Gasteiger partial charge in [-0.1, -0.05) is 42.8 Å². The highest BCUT2D eigenvalue weighted by Crippen LogP contribution is 2.28. The van der Waals surface area contributed by atoms with Crippen molar-refractivity contribution in [1.82, 2.24) is 4.98 Å². The van der Waals surface area contributed by atoms with E-state index in [1.165, 1.54) is 0 Å². The Hall–Kier alpha value is -0.710. The van der Waals surface area contributed by atoms with Crippen LogP contribution in [0.3, 0.4) is 0 Å². The molecule has 2 nitrogen and oxygen atoms in total. The molecule has 0 aliphatic carbocycles. The zero-order valence-corrected chi connectivity index (χ0v) is 14.7. The molecule has 20 heavy (non-hydrogen) atoms. The van der Waals surface area contributed by atoms with Gasteiger partial charge in [-0.15, -0.1) is 11.3 Å². The van der Waals surface area contributed by atoms with Crippen LogP contribution >= 0.6 is 27.3 Å². The lowest BCUT2D eigenvalue weighted by atomic mass is 9.93. The van der Waals surface area contributed by atoms with Crippen molar-refractivity contribution < 1.29 is 5.11 Å². The van der Waals surface area contributed by atoms with Crippen LogP contribution < -0.4 is 0 Å². The lowest BCUT2D eigenvalue weighted by Gasteiger charge is -2.15. The van der Waals surface area contributed by atoms with Gasteiger partial charge in [0.05, 0.1) is 16.8 Å². The monoisotopic (exact) mass is 353 g/mol. The molecule has 0 aliphatic heterocycles. The topological polar surface area (TPSA) is 33.1 Å². The Kier molecular flexibility index (Phi) is 4.67. The van der Waals surface area contributed by atoms with Gasteiger partial charge in [-0.3, -0.25) is 0 Å². The molecule has 4 heteroatoms. The quantitative estimate of drug-likeness (QED) is 0.860. The molecule has 1 heterocycles. The number of nitrogens with zero attached hydrogens (tertiary/aromatic N) is 1. The van der Waals surface area contributed by atoms with Gasteiger partial charge in [0.25, 0.3) is 0 Å². The predicted octanol–water partition coefficient (Wildman–Crippen LogP) is 4.79. The zero-order valence-electron chi connectivity index (χ0n) is 12.3. The summed E-state index contributed by atoms with van der Waals surface area (Å²) in [6.07, 6.45) is 0.0746. The Bertz CT molecular complexity index is 601. The summed E-state index contributed by atoms with van der Waals surface area (Å²) in [5.41, 5.74) is 3.23. The molecule has 0 saturated carbocycles. The maximum Gasteiger partial charge on any atom is 0.0957 e. The van der Waals surface area contributed by atoms with E-state index < -0.39 is 6.10 Å². The van der Waals surface area contributed by atoms with Crippen molar-refractivity contribution in [1.29, 1.82) is 0 Å². The van der Waals surface area contributed by atoms with E-state index in [0.29, 0.717) is 6.42 Å². The van der Waals surface area contributed by atoms with E-state index >= 15 is 0 Å². The Balaban J connectivity index is 2.15. The van der Waals surface area contributed by atoms with Gasteiger partial charge >= 0.3 is 0 Å². The smallest absolute Gasteiger partial charge is 0.0957 e. The summed E-state index contributed by atoms with van der Waals surface area (Å²) >= 11 is 5.07. The Labute approximate surface area is 133 Å². The number of hydrogen-bond donors (Lipinski definition) is 1. The first-order chi connectivity index (χ1) is 9.27. The summed E-state index contributed by atoms with van der Waals surface area (Å²) in [6.45, 7) is 8.48. The number of halogens is 1. The molecule has 2 rings (SSSR count). The Morgan fingerprint density at radius 1 is 1.35 bits per heavy atom. The SMILES string of the molecule is Cc1cc(Br)ccc1C(O)Cc1nc(C(C)(C)C)cs1. The van der Waals surface area contributed by atoms with Crippen molar-refractivity contribution in [3.63, 3.8) is 0 Å². The second-order valence-corrected chi connectivity index (χ2v) is 7.96. The van der Waals surface area contributed by atoms with E-state index in [4.69, 9.17) is 0 Å². The number of rotatable bonds is 3. The molecule has 0 aliphatic rings. The molecule has 0 saturated heterocycles. The van der Waals surface area contributed by atoms with Gasteiger partial charge in [-0.25, -0.2) is 4.98 Å². The van der Waals surface area contributed by atoms with Crippen molar-refractivity contribution in [2.75, 3.05) is 0 Å². The van der Waals surface area contributed by atoms with E-state index in [1.807, 2.05) is 25.1 Å². The number of aryl methyl sites for hydroxylation is 1. The molecule has 0 fully saturated rings. The molecule has 1 aromatic carbocycles. The van der Waals surface area contributed by atoms with Crippen LogP contribution in [0.25, 0.3) is 0 Å². The summed E-state index contributed by atoms with van der Waals surface area (Å²) < 4.78 is 1.04. The van der Waals surface area contributed by atoms with Crippen LogP contribution in [0.5, 0.6) is 0 Å². The number of aromatic nitrogens is 1. The average Bonchev–Trinajstić information content (AvgIpc) is 2.76. The molecule has 1 N–H and O–H groups in total. The van der Waals surface area contributed by atoms with Crippen molar-refractivity contribution in [3.8, 4) is 0 Å². The molecule has 0 bridgehead atoms. The number of thiazole rings is 1. The second-order valence-electron chi connectivity index (χ2n) is 6.10. The highest BCUT2D eigenvalue weighted by Gasteiger charge is 2.19. The Morgan fingerprint density at radius 3 is 2.60 bits per heavy atom. The summed E-state index contributed by atoms with van der Waals surface area (Å²) in [6, 6.07) is 5.97. The maximum atomic E-state index is 10.4. The summed E-state index contributed by atoms with van der Waals surface area (Å²) in [5, 5.41) is 13.5. The first-order valence-corrected chi connectivity index (χ1v) is 8.33. The highest BCUT2D eigenvalue weighted by molar-refractivity contribution is 9.10. The van der Waals surface area contributed by atoms with Gasteiger partial charge in [0.15, 0.2) is 0 Å². The highest BCUT2D eigenvalue weighted by atomic mass is 79.9. The van der Waals surface area contributed by atoms with Crippen LogP contribution in [-0.4, -0.2) is 10.1 Å². The minimum absolute atomic E-state index is 0.0627. The summed E-state index contributed by atoms with van der Waals surface area (Å²) in [7, 11) is 0. The molecule has 0 amide bonds. The number of aliphatic hydroxyl groups is 1. The third-order valence-electron chi connectivity index (χ3n) is 3.28. The van der Waals surface area contributed by atoms with E-state index in [9.17, 15) is 5.11 Å². The minimum atomic E-state index is -0.498. The summed E-state index contributed by atoms with van der Waals surface area (Å²) in [4.78, 5) is 4.64. The summed E-state index contributed by atoms with van der Waals surface area (Å²) in [5.74, 6) is 0. The second kappa shape index (κ2) is 5.96. The molecular formula is C16H20BrNOS. The molecular weight excluding hydrogens is 334 g/mol. The fourth-order valence-corrected chi connectivity index (χ4v) is 3.57. The zero-order chi connectivity index (χ0) is 14.9. The molecule has 1 aromatic heterocycles. The van der Waals surface area contributed by atoms with E-state index in [2.05, 4.69) is 47.1 Å². The Morgan fingerprint density at radius 2 is 2.05 bits per heavy atom. The first-order valence-electron chi connectivity index (χ1n) is 6.66. The van der Waals surface area contributed by atoms with Crippen LogP contribution in [-0.2, 0) is 11.8 Å². The molecule has 0 spiro atoms. The van der Waals surface area contributed by atoms with Gasteiger partial charge in [-0.2, -0.15) is 0 Å². The third-order valence-corrected chi connectivity index (χ3v) is 4.64. The molecule has 108 valence electrons. The van der Waals surface area contributed by atoms with E-state index in [-0.39, 0.29) is 5.41 Å². The van der Waals surface area contributed by atoms with Crippen LogP contribution in [0, 0.1) is 6.92 Å². The van der Waals surface area contributed by atoms with Crippen LogP contribution in [0.15, 0.2) is 28.1 Å². The van der Waals surface area contributed by atoms with E-state index in [0.717, 1.165) is 26.3 Å². The largest absolute Gasteiger partial charge is 0.388 e. The number of hydrogen-bond acceptors (Lipinski definition) is 3. The van der Waals surface area contributed by atoms with Gasteiger partial charge in [0.2, 0.25) is 0 Å². The predicted molar refractivity (Wildman–Crippen MR) is 88.4 cm³/mol. The molecule has 2 aromatic rings. The van der Waals surface area contributed by atoms with Crippen molar-refractivity contribution in [2.24, 2.45) is 0 Å². The van der Waals surface area contributed by atoms with Gasteiger partial charge in [-0.05, 0) is 30.2 Å². The number of benzene rings is 1. The molecule has 0 radical (unpaired) electrons. The van der Waals surface area contributed by atoms with Crippen molar-refractivity contribution in [2.45, 2.75) is 45.6 Å². The number of aliphatic hydroxyl groups excluding tert-OH is 1. The average molecular weight is 354 g/mol. The lowest BCUT2D eigenvalue weighted by Crippen LogP contribution is -2.12. The normalized spacial score (nSPS) is 13.5. The maximum absolute atomic E-state index is 10.4. The lowest BCUT2D eigenvalue weighted by molar-refractivity contribution is 0.177. The minimum Gasteiger partial charge on any atom is -0.388 e. The van der Waals surface area contributed by atoms with Gasteiger partial charge in [0.1, 0.15) is 0 Å². The van der Waals surface area contributed by atoms with Crippen molar-refractivity contribution >= 4 is 27.3 Å². The van der Waals surface area contributed by atoms with Crippen LogP contribution in [0.4, 0.5) is 0 Å². The standard InChI is InChI=1S/C16H20BrNOS/c1-10-7-11(17)5-6-12(10)13(19)8-15-18-14(9-20-15)16(2,3)4/h5-7,9,13,19H,8H2,1-4H3. The van der Waals surface area contributed by atoms with Crippen molar-refractivity contribution in [3.05, 3.63) is 49.9 Å². The van der Waals surface area contributed by atoms with Gasteiger partial charge < -0.3 is 5.11 Å². The molecule has 1 unspecified atom stereocenters.